The fourth-order valence-corrected chi connectivity index (χ4v) is 4.03. The lowest BCUT2D eigenvalue weighted by Gasteiger charge is -2.44. The lowest BCUT2D eigenvalue weighted by molar-refractivity contribution is -0.172. The highest BCUT2D eigenvalue weighted by atomic mass is 16.5. The zero-order valence-corrected chi connectivity index (χ0v) is 18.1. The highest BCUT2D eigenvalue weighted by Crippen LogP contribution is 2.46. The van der Waals surface area contributed by atoms with Gasteiger partial charge in [-0.25, -0.2) is 0 Å². The Kier molecular flexibility index (Phi) is 5.34. The first-order valence-corrected chi connectivity index (χ1v) is 10.5. The summed E-state index contributed by atoms with van der Waals surface area (Å²) in [4.78, 5) is 0. The third kappa shape index (κ3) is 4.29. The van der Waals surface area contributed by atoms with Crippen LogP contribution in [0.15, 0.2) is 48.5 Å². The van der Waals surface area contributed by atoms with Crippen molar-refractivity contribution in [2.24, 2.45) is 10.8 Å². The van der Waals surface area contributed by atoms with Crippen molar-refractivity contribution in [2.75, 3.05) is 19.8 Å². The summed E-state index contributed by atoms with van der Waals surface area (Å²) in [6.07, 6.45) is 0.305. The highest BCUT2D eigenvalue weighted by Gasteiger charge is 2.41. The Morgan fingerprint density at radius 3 is 1.62 bits per heavy atom. The zero-order valence-electron chi connectivity index (χ0n) is 18.1. The van der Waals surface area contributed by atoms with Crippen molar-refractivity contribution in [1.29, 1.82) is 0 Å². The van der Waals surface area contributed by atoms with Crippen molar-refractivity contribution in [3.63, 3.8) is 0 Å². The summed E-state index contributed by atoms with van der Waals surface area (Å²) in [7, 11) is 0. The van der Waals surface area contributed by atoms with E-state index in [2.05, 4.69) is 52.0 Å². The molecule has 156 valence electrons. The molecule has 29 heavy (non-hydrogen) atoms. The lowest BCUT2D eigenvalue weighted by atomic mass is 9.79. The summed E-state index contributed by atoms with van der Waals surface area (Å²) >= 11 is 0. The monoisotopic (exact) mass is 396 g/mol. The van der Waals surface area contributed by atoms with E-state index in [0.29, 0.717) is 6.61 Å². The number of rotatable bonds is 7. The van der Waals surface area contributed by atoms with E-state index in [0.717, 1.165) is 24.7 Å². The average molecular weight is 397 g/mol. The zero-order chi connectivity index (χ0) is 20.6. The maximum Gasteiger partial charge on any atom is 0.130 e. The minimum absolute atomic E-state index is 0.0502. The molecule has 0 bridgehead atoms. The van der Waals surface area contributed by atoms with Crippen LogP contribution in [0.4, 0.5) is 0 Å². The second-order valence-corrected chi connectivity index (χ2v) is 9.74. The molecular formula is C25H32O4. The van der Waals surface area contributed by atoms with Crippen molar-refractivity contribution in [2.45, 2.75) is 52.9 Å². The minimum Gasteiger partial charge on any atom is -0.490 e. The molecule has 2 saturated heterocycles. The van der Waals surface area contributed by atoms with Crippen molar-refractivity contribution in [3.05, 3.63) is 59.7 Å². The molecule has 3 unspecified atom stereocenters. The van der Waals surface area contributed by atoms with Gasteiger partial charge in [-0.15, -0.1) is 0 Å². The smallest absolute Gasteiger partial charge is 0.130 e. The van der Waals surface area contributed by atoms with Crippen LogP contribution in [-0.2, 0) is 9.47 Å². The number of hydrogen-bond acceptors (Lipinski definition) is 4. The fraction of sp³-hybridized carbons (Fsp3) is 0.520. The van der Waals surface area contributed by atoms with Crippen LogP contribution < -0.4 is 9.47 Å². The molecule has 4 nitrogen and oxygen atoms in total. The van der Waals surface area contributed by atoms with E-state index in [-0.39, 0.29) is 29.1 Å². The quantitative estimate of drug-likeness (QED) is 0.599. The normalized spacial score (nSPS) is 25.4. The van der Waals surface area contributed by atoms with E-state index >= 15 is 0 Å². The van der Waals surface area contributed by atoms with Gasteiger partial charge in [-0.1, -0.05) is 52.0 Å². The first-order valence-electron chi connectivity index (χ1n) is 10.5. The molecule has 0 spiro atoms. The van der Waals surface area contributed by atoms with Gasteiger partial charge in [-0.05, 0) is 42.3 Å². The summed E-state index contributed by atoms with van der Waals surface area (Å²) in [6.45, 7) is 13.1. The largest absolute Gasteiger partial charge is 0.490 e. The molecule has 0 radical (unpaired) electrons. The van der Waals surface area contributed by atoms with Crippen LogP contribution in [0.3, 0.4) is 0 Å². The molecule has 2 heterocycles. The standard InChI is InChI=1S/C25H32O4/c1-17(29-21-12-8-19(9-13-21)23-25(4,5)16-28-23)14-26-20-10-6-18(7-11-20)22-24(2,3)15-27-22/h6-13,17,22-23H,14-16H2,1-5H3. The van der Waals surface area contributed by atoms with Crippen LogP contribution in [0.5, 0.6) is 11.5 Å². The number of benzene rings is 2. The molecule has 0 aliphatic carbocycles. The van der Waals surface area contributed by atoms with E-state index in [1.807, 2.05) is 31.2 Å². The van der Waals surface area contributed by atoms with Gasteiger partial charge in [0.25, 0.3) is 0 Å². The topological polar surface area (TPSA) is 36.9 Å². The first kappa shape index (κ1) is 20.2. The predicted octanol–water partition coefficient (Wildman–Crippen LogP) is 5.73. The van der Waals surface area contributed by atoms with E-state index in [1.165, 1.54) is 11.1 Å². The molecular weight excluding hydrogens is 364 g/mol. The SMILES string of the molecule is CC(COc1ccc(C2OCC2(C)C)cc1)Oc1ccc(C2OCC2(C)C)cc1. The summed E-state index contributed by atoms with van der Waals surface area (Å²) in [6, 6.07) is 16.4. The van der Waals surface area contributed by atoms with Gasteiger partial charge in [0, 0.05) is 10.8 Å². The predicted molar refractivity (Wildman–Crippen MR) is 113 cm³/mol. The van der Waals surface area contributed by atoms with Crippen LogP contribution >= 0.6 is 0 Å². The molecule has 2 aromatic carbocycles. The molecule has 2 aromatic rings. The van der Waals surface area contributed by atoms with Crippen LogP contribution in [0.25, 0.3) is 0 Å². The van der Waals surface area contributed by atoms with Gasteiger partial charge in [0.05, 0.1) is 25.4 Å². The lowest BCUT2D eigenvalue weighted by Crippen LogP contribution is -2.40. The molecule has 4 rings (SSSR count). The minimum atomic E-state index is -0.0502. The molecule has 2 aliphatic rings. The van der Waals surface area contributed by atoms with Crippen LogP contribution in [-0.4, -0.2) is 25.9 Å². The van der Waals surface area contributed by atoms with Gasteiger partial charge in [0.15, 0.2) is 0 Å². The third-order valence-electron chi connectivity index (χ3n) is 5.85. The molecule has 2 fully saturated rings. The molecule has 0 saturated carbocycles. The Balaban J connectivity index is 1.26. The Morgan fingerprint density at radius 2 is 1.24 bits per heavy atom. The van der Waals surface area contributed by atoms with Crippen molar-refractivity contribution in [1.82, 2.24) is 0 Å². The Bertz CT molecular complexity index is 823. The van der Waals surface area contributed by atoms with E-state index in [9.17, 15) is 0 Å². The molecule has 0 aromatic heterocycles. The van der Waals surface area contributed by atoms with Gasteiger partial charge in [0.1, 0.15) is 24.2 Å². The van der Waals surface area contributed by atoms with Gasteiger partial charge < -0.3 is 18.9 Å². The highest BCUT2D eigenvalue weighted by molar-refractivity contribution is 5.31. The molecule has 0 amide bonds. The molecule has 0 N–H and O–H groups in total. The second-order valence-electron chi connectivity index (χ2n) is 9.74. The van der Waals surface area contributed by atoms with Crippen molar-refractivity contribution < 1.29 is 18.9 Å². The Hall–Kier alpha value is -2.04. The van der Waals surface area contributed by atoms with Crippen molar-refractivity contribution in [3.8, 4) is 11.5 Å². The Morgan fingerprint density at radius 1 is 0.793 bits per heavy atom. The summed E-state index contributed by atoms with van der Waals surface area (Å²) in [5, 5.41) is 0. The van der Waals surface area contributed by atoms with Crippen LogP contribution in [0.1, 0.15) is 58.0 Å². The van der Waals surface area contributed by atoms with Gasteiger partial charge in [-0.3, -0.25) is 0 Å². The van der Waals surface area contributed by atoms with Gasteiger partial charge in [0.2, 0.25) is 0 Å². The van der Waals surface area contributed by atoms with Crippen LogP contribution in [0.2, 0.25) is 0 Å². The summed E-state index contributed by atoms with van der Waals surface area (Å²) < 4.78 is 23.3. The van der Waals surface area contributed by atoms with E-state index < -0.39 is 0 Å². The van der Waals surface area contributed by atoms with Gasteiger partial charge in [-0.2, -0.15) is 0 Å². The summed E-state index contributed by atoms with van der Waals surface area (Å²) in [5.74, 6) is 1.70. The number of ether oxygens (including phenoxy) is 4. The molecule has 4 heteroatoms. The average Bonchev–Trinajstić information content (AvgIpc) is 2.67. The number of hydrogen-bond donors (Lipinski definition) is 0. The molecule has 3 atom stereocenters. The fourth-order valence-electron chi connectivity index (χ4n) is 4.03. The maximum atomic E-state index is 6.00. The first-order chi connectivity index (χ1) is 13.7. The summed E-state index contributed by atoms with van der Waals surface area (Å²) in [5.41, 5.74) is 2.83. The van der Waals surface area contributed by atoms with Gasteiger partial charge >= 0.3 is 0 Å². The second kappa shape index (κ2) is 7.66. The van der Waals surface area contributed by atoms with Crippen LogP contribution in [0, 0.1) is 10.8 Å². The van der Waals surface area contributed by atoms with E-state index in [4.69, 9.17) is 18.9 Å². The van der Waals surface area contributed by atoms with E-state index in [1.54, 1.807) is 0 Å². The molecule has 2 aliphatic heterocycles. The maximum absolute atomic E-state index is 6.00. The Labute approximate surface area is 174 Å². The third-order valence-corrected chi connectivity index (χ3v) is 5.85. The van der Waals surface area contributed by atoms with Crippen molar-refractivity contribution >= 4 is 0 Å².